The van der Waals surface area contributed by atoms with Crippen molar-refractivity contribution in [1.82, 2.24) is 4.98 Å². The third-order valence-electron chi connectivity index (χ3n) is 4.15. The fourth-order valence-electron chi connectivity index (χ4n) is 2.79. The number of hydrogen-bond acceptors (Lipinski definition) is 4. The first-order chi connectivity index (χ1) is 12.6. The highest BCUT2D eigenvalue weighted by Gasteiger charge is 2.14. The van der Waals surface area contributed by atoms with Gasteiger partial charge in [0.2, 0.25) is 5.89 Å². The van der Waals surface area contributed by atoms with Gasteiger partial charge in [-0.05, 0) is 41.5 Å². The van der Waals surface area contributed by atoms with Gasteiger partial charge in [-0.2, -0.15) is 0 Å². The molecule has 0 bridgehead atoms. The predicted octanol–water partition coefficient (Wildman–Crippen LogP) is 5.91. The number of rotatable bonds is 3. The van der Waals surface area contributed by atoms with Crippen molar-refractivity contribution in [3.63, 3.8) is 0 Å². The lowest BCUT2D eigenvalue weighted by molar-refractivity contribution is 0.337. The number of benzene rings is 3. The Morgan fingerprint density at radius 1 is 1.08 bits per heavy atom. The van der Waals surface area contributed by atoms with Gasteiger partial charge in [0, 0.05) is 10.6 Å². The van der Waals surface area contributed by atoms with E-state index in [1.54, 1.807) is 6.07 Å². The smallest absolute Gasteiger partial charge is 0.312 e. The predicted molar refractivity (Wildman–Crippen MR) is 105 cm³/mol. The first-order valence-corrected chi connectivity index (χ1v) is 8.48. The molecule has 0 atom stereocenters. The molecule has 4 rings (SSSR count). The molecule has 3 aromatic carbocycles. The number of aliphatic imine (C=N–C) groups is 1. The molecule has 1 N–H and O–H groups in total. The largest absolute Gasteiger partial charge is 0.479 e. The monoisotopic (exact) mass is 362 g/mol. The van der Waals surface area contributed by atoms with Gasteiger partial charge in [0.15, 0.2) is 5.69 Å². The summed E-state index contributed by atoms with van der Waals surface area (Å²) in [5.41, 5.74) is 2.78. The van der Waals surface area contributed by atoms with E-state index in [4.69, 9.17) is 16.0 Å². The second-order valence-electron chi connectivity index (χ2n) is 5.93. The Kier molecular flexibility index (Phi) is 4.19. The van der Waals surface area contributed by atoms with Crippen LogP contribution in [0.25, 0.3) is 22.2 Å². The fraction of sp³-hybridized carbons (Fsp3) is 0.0476. The van der Waals surface area contributed by atoms with Crippen LogP contribution in [0, 0.1) is 6.92 Å². The average molecular weight is 363 g/mol. The van der Waals surface area contributed by atoms with E-state index in [9.17, 15) is 5.11 Å². The topological polar surface area (TPSA) is 58.6 Å². The molecule has 4 aromatic rings. The zero-order chi connectivity index (χ0) is 18.1. The average Bonchev–Trinajstić information content (AvgIpc) is 3.02. The molecule has 0 aliphatic carbocycles. The lowest BCUT2D eigenvalue weighted by Gasteiger charge is -2.01. The van der Waals surface area contributed by atoms with E-state index in [0.717, 1.165) is 21.9 Å². The van der Waals surface area contributed by atoms with Crippen LogP contribution in [-0.4, -0.2) is 16.3 Å². The van der Waals surface area contributed by atoms with Crippen molar-refractivity contribution in [2.45, 2.75) is 6.92 Å². The third-order valence-corrected chi connectivity index (χ3v) is 4.39. The van der Waals surface area contributed by atoms with E-state index in [2.05, 4.69) is 9.98 Å². The van der Waals surface area contributed by atoms with Crippen molar-refractivity contribution >= 4 is 34.3 Å². The van der Waals surface area contributed by atoms with Crippen LogP contribution in [0.15, 0.2) is 70.1 Å². The van der Waals surface area contributed by atoms with E-state index >= 15 is 0 Å². The third kappa shape index (κ3) is 3.07. The minimum absolute atomic E-state index is 0.267. The highest BCUT2D eigenvalue weighted by molar-refractivity contribution is 6.30. The van der Waals surface area contributed by atoms with Gasteiger partial charge >= 0.3 is 5.95 Å². The van der Waals surface area contributed by atoms with Crippen LogP contribution in [0.4, 0.5) is 5.69 Å². The molecule has 0 aliphatic heterocycles. The number of aromatic hydroxyl groups is 1. The molecular formula is C21H15ClN2O2. The molecule has 0 aliphatic rings. The molecule has 4 nitrogen and oxygen atoms in total. The number of fused-ring (bicyclic) bond motifs is 1. The summed E-state index contributed by atoms with van der Waals surface area (Å²) in [5, 5.41) is 12.8. The van der Waals surface area contributed by atoms with Crippen LogP contribution in [0.1, 0.15) is 11.3 Å². The molecule has 1 heterocycles. The van der Waals surface area contributed by atoms with E-state index in [1.807, 2.05) is 61.5 Å². The highest BCUT2D eigenvalue weighted by atomic mass is 35.5. The number of aromatic nitrogens is 1. The highest BCUT2D eigenvalue weighted by Crippen LogP contribution is 2.31. The van der Waals surface area contributed by atoms with Gasteiger partial charge in [0.05, 0.1) is 11.9 Å². The lowest BCUT2D eigenvalue weighted by atomic mass is 10.0. The van der Waals surface area contributed by atoms with Gasteiger partial charge in [0.25, 0.3) is 0 Å². The summed E-state index contributed by atoms with van der Waals surface area (Å²) in [6, 6.07) is 19.3. The van der Waals surface area contributed by atoms with Gasteiger partial charge < -0.3 is 9.52 Å². The van der Waals surface area contributed by atoms with Gasteiger partial charge in [-0.3, -0.25) is 4.99 Å². The quantitative estimate of drug-likeness (QED) is 0.460. The summed E-state index contributed by atoms with van der Waals surface area (Å²) >= 11 is 6.01. The second-order valence-corrected chi connectivity index (χ2v) is 6.36. The summed E-state index contributed by atoms with van der Waals surface area (Å²) in [5.74, 6) is 0.0833. The second kappa shape index (κ2) is 6.65. The number of nitrogens with zero attached hydrogens (tertiary/aromatic N) is 2. The Labute approximate surface area is 155 Å². The summed E-state index contributed by atoms with van der Waals surface area (Å²) in [6.07, 6.45) is 1.48. The van der Waals surface area contributed by atoms with Gasteiger partial charge in [-0.25, -0.2) is 4.98 Å². The van der Waals surface area contributed by atoms with Crippen molar-refractivity contribution in [2.24, 2.45) is 4.99 Å². The van der Waals surface area contributed by atoms with Crippen LogP contribution in [0.3, 0.4) is 0 Å². The summed E-state index contributed by atoms with van der Waals surface area (Å²) < 4.78 is 5.48. The molecule has 0 saturated carbocycles. The van der Waals surface area contributed by atoms with E-state index in [-0.39, 0.29) is 11.6 Å². The van der Waals surface area contributed by atoms with Crippen molar-refractivity contribution in [2.75, 3.05) is 0 Å². The maximum Gasteiger partial charge on any atom is 0.312 e. The van der Waals surface area contributed by atoms with Gasteiger partial charge in [-0.1, -0.05) is 54.1 Å². The Balaban J connectivity index is 1.74. The summed E-state index contributed by atoms with van der Waals surface area (Å²) in [6.45, 7) is 1.94. The molecule has 0 unspecified atom stereocenters. The Bertz CT molecular complexity index is 1130. The number of aryl methyl sites for hydroxylation is 1. The van der Waals surface area contributed by atoms with Crippen LogP contribution in [0.2, 0.25) is 5.02 Å². The van der Waals surface area contributed by atoms with E-state index in [1.165, 1.54) is 6.21 Å². The summed E-state index contributed by atoms with van der Waals surface area (Å²) in [7, 11) is 0. The Morgan fingerprint density at radius 3 is 2.77 bits per heavy atom. The number of halogens is 1. The molecule has 128 valence electrons. The first-order valence-electron chi connectivity index (χ1n) is 8.10. The van der Waals surface area contributed by atoms with Crippen molar-refractivity contribution in [3.05, 3.63) is 76.9 Å². The van der Waals surface area contributed by atoms with Crippen LogP contribution in [-0.2, 0) is 0 Å². The molecule has 0 spiro atoms. The number of hydrogen-bond donors (Lipinski definition) is 1. The minimum atomic E-state index is -0.267. The molecule has 0 radical (unpaired) electrons. The maximum atomic E-state index is 10.1. The normalized spacial score (nSPS) is 11.5. The molecule has 0 saturated heterocycles. The maximum absolute atomic E-state index is 10.1. The van der Waals surface area contributed by atoms with Crippen molar-refractivity contribution in [1.29, 1.82) is 0 Å². The minimum Gasteiger partial charge on any atom is -0.479 e. The van der Waals surface area contributed by atoms with E-state index in [0.29, 0.717) is 16.6 Å². The van der Waals surface area contributed by atoms with Gasteiger partial charge in [0.1, 0.15) is 0 Å². The Morgan fingerprint density at radius 2 is 1.88 bits per heavy atom. The summed E-state index contributed by atoms with van der Waals surface area (Å²) in [4.78, 5) is 8.77. The van der Waals surface area contributed by atoms with Gasteiger partial charge in [-0.15, -0.1) is 0 Å². The van der Waals surface area contributed by atoms with Crippen LogP contribution in [0.5, 0.6) is 5.95 Å². The molecule has 5 heteroatoms. The zero-order valence-corrected chi connectivity index (χ0v) is 14.7. The zero-order valence-electron chi connectivity index (χ0n) is 14.0. The van der Waals surface area contributed by atoms with Crippen molar-refractivity contribution < 1.29 is 9.52 Å². The lowest BCUT2D eigenvalue weighted by Crippen LogP contribution is -1.85. The molecular weight excluding hydrogens is 348 g/mol. The van der Waals surface area contributed by atoms with Crippen molar-refractivity contribution in [3.8, 4) is 17.4 Å². The molecule has 0 amide bonds. The van der Waals surface area contributed by atoms with Crippen LogP contribution < -0.4 is 0 Å². The number of oxazole rings is 1. The fourth-order valence-corrected chi connectivity index (χ4v) is 2.95. The van der Waals surface area contributed by atoms with Crippen LogP contribution >= 0.6 is 11.6 Å². The molecule has 1 aromatic heterocycles. The van der Waals surface area contributed by atoms with E-state index < -0.39 is 0 Å². The molecule has 0 fully saturated rings. The molecule has 26 heavy (non-hydrogen) atoms. The standard InChI is InChI=1S/C21H15ClN2O2/c1-13-9-10-15(22)11-18(13)23-12-19-21(25)26-20(24-19)17-8-4-6-14-5-2-3-7-16(14)17/h2-12,25H,1H3. The first kappa shape index (κ1) is 16.4. The SMILES string of the molecule is Cc1ccc(Cl)cc1N=Cc1nc(-c2cccc3ccccc23)oc1O. The Hall–Kier alpha value is -3.11.